The summed E-state index contributed by atoms with van der Waals surface area (Å²) in [4.78, 5) is 14.6. The predicted octanol–water partition coefficient (Wildman–Crippen LogP) is 10.3. The van der Waals surface area contributed by atoms with Crippen LogP contribution in [0.5, 0.6) is 0 Å². The van der Waals surface area contributed by atoms with Crippen molar-refractivity contribution in [1.29, 1.82) is 0 Å². The van der Waals surface area contributed by atoms with Gasteiger partial charge in [-0.25, -0.2) is 0 Å². The van der Waals surface area contributed by atoms with Crippen molar-refractivity contribution in [3.63, 3.8) is 0 Å². The van der Waals surface area contributed by atoms with Gasteiger partial charge in [0.2, 0.25) is 0 Å². The van der Waals surface area contributed by atoms with Crippen LogP contribution in [0.1, 0.15) is 155 Å². The Morgan fingerprint density at radius 1 is 0.532 bits per heavy atom. The number of hydrogen-bond donors (Lipinski definition) is 0. The summed E-state index contributed by atoms with van der Waals surface area (Å²) in [5, 5.41) is 2.34. The van der Waals surface area contributed by atoms with Crippen LogP contribution >= 0.6 is 11.8 Å². The Morgan fingerprint density at radius 3 is 1.64 bits per heavy atom. The number of fused-ring (bicyclic) bond motifs is 3. The molecular formula is C40H62IrN3O2S. The summed E-state index contributed by atoms with van der Waals surface area (Å²) in [6.07, 6.45) is 38.7. The molecule has 7 heteroatoms. The number of nitrogens with zero attached hydrogens (tertiary/aromatic N) is 3. The number of ether oxygens (including phenoxy) is 2. The first-order valence-electron chi connectivity index (χ1n) is 19.9. The second-order valence-corrected chi connectivity index (χ2v) is 17.2. The van der Waals surface area contributed by atoms with Crippen molar-refractivity contribution in [3.05, 3.63) is 19.3 Å². The molecule has 0 aromatic heterocycles. The summed E-state index contributed by atoms with van der Waals surface area (Å²) in [5.41, 5.74) is 0. The Balaban J connectivity index is 0.000000122. The van der Waals surface area contributed by atoms with E-state index in [0.717, 1.165) is 28.9 Å². The van der Waals surface area contributed by atoms with E-state index >= 15 is 0 Å². The Morgan fingerprint density at radius 2 is 1.06 bits per heavy atom. The van der Waals surface area contributed by atoms with E-state index in [9.17, 15) is 0 Å². The van der Waals surface area contributed by atoms with Crippen molar-refractivity contribution in [2.45, 2.75) is 190 Å². The Kier molecular flexibility index (Phi) is 14.1. The quantitative estimate of drug-likeness (QED) is 0.266. The van der Waals surface area contributed by atoms with Gasteiger partial charge < -0.3 is 28.7 Å². The molecule has 3 aliphatic heterocycles. The molecule has 10 atom stereocenters. The third-order valence-corrected chi connectivity index (χ3v) is 13.8. The van der Waals surface area contributed by atoms with Crippen LogP contribution in [0.2, 0.25) is 0 Å². The molecular weight excluding hydrogens is 779 g/mol. The molecule has 0 bridgehead atoms. The van der Waals surface area contributed by atoms with Crippen molar-refractivity contribution in [3.8, 4) is 0 Å². The molecule has 5 nitrogen and oxygen atoms in total. The average Bonchev–Trinajstić information content (AvgIpc) is 3.86. The second kappa shape index (κ2) is 18.2. The monoisotopic (exact) mass is 841 g/mol. The Labute approximate surface area is 304 Å². The van der Waals surface area contributed by atoms with Gasteiger partial charge in [0, 0.05) is 10.3 Å². The van der Waals surface area contributed by atoms with E-state index in [0.29, 0.717) is 42.2 Å². The van der Waals surface area contributed by atoms with Crippen molar-refractivity contribution >= 4 is 28.6 Å². The van der Waals surface area contributed by atoms with E-state index in [2.05, 4.69) is 37.9 Å². The van der Waals surface area contributed by atoms with Crippen LogP contribution in [0, 0.1) is 42.9 Å². The SMILES string of the molecule is CC1CC[CH-]C(C2=NC3CCCCC3O2)C1.[CH-]1CCCCC1C1=NC2CCCCC2O1.[CH-]1CCCCC1C1=NC2CCCCC2S1.[Ir+3]. The molecule has 9 rings (SSSR count). The summed E-state index contributed by atoms with van der Waals surface area (Å²) < 4.78 is 12.1. The fourth-order valence-corrected chi connectivity index (χ4v) is 11.0. The first-order chi connectivity index (χ1) is 22.7. The summed E-state index contributed by atoms with van der Waals surface area (Å²) in [5.74, 6) is 4.78. The molecule has 0 saturated heterocycles. The molecule has 0 N–H and O–H groups in total. The zero-order valence-electron chi connectivity index (χ0n) is 29.2. The minimum absolute atomic E-state index is 0. The van der Waals surface area contributed by atoms with Gasteiger partial charge in [-0.05, 0) is 57.3 Å². The summed E-state index contributed by atoms with van der Waals surface area (Å²) in [7, 11) is 0. The van der Waals surface area contributed by atoms with E-state index in [4.69, 9.17) is 24.5 Å². The molecule has 9 aliphatic rings. The van der Waals surface area contributed by atoms with Gasteiger partial charge in [-0.3, -0.25) is 15.0 Å². The molecule has 0 aromatic rings. The number of thioether (sulfide) groups is 1. The zero-order chi connectivity index (χ0) is 31.1. The van der Waals surface area contributed by atoms with Crippen LogP contribution in [-0.2, 0) is 29.6 Å². The minimum atomic E-state index is 0. The molecule has 6 fully saturated rings. The number of aliphatic imine (C=N–C) groups is 3. The van der Waals surface area contributed by atoms with Gasteiger partial charge in [0.05, 0.1) is 18.1 Å². The fourth-order valence-electron chi connectivity index (χ4n) is 9.45. The first kappa shape index (κ1) is 36.4. The van der Waals surface area contributed by atoms with E-state index in [1.165, 1.54) is 153 Å². The average molecular weight is 841 g/mol. The van der Waals surface area contributed by atoms with Crippen LogP contribution < -0.4 is 0 Å². The molecule has 264 valence electrons. The standard InChI is InChI=1S/C14H22NO.C13H20NO.C13H20NS.Ir/c1-10-5-4-6-11(9-10)14-15-12-7-2-3-8-13(12)16-14;2*1-2-6-10(7-3-1)13-14-11-8-4-5-9-12(11)15-13;/h6,10-13H,2-5,7-9H2,1H3;2*6,10-12H,1-5,7-9H2;/q3*-1;+3. The maximum Gasteiger partial charge on any atom is 3.00 e. The third-order valence-electron chi connectivity index (χ3n) is 12.3. The maximum atomic E-state index is 6.07. The van der Waals surface area contributed by atoms with Crippen LogP contribution in [-0.4, -0.2) is 52.4 Å². The smallest absolute Gasteiger partial charge is 0.478 e. The zero-order valence-corrected chi connectivity index (χ0v) is 32.4. The van der Waals surface area contributed by atoms with E-state index < -0.39 is 0 Å². The van der Waals surface area contributed by atoms with Gasteiger partial charge in [0.1, 0.15) is 12.2 Å². The molecule has 0 amide bonds. The summed E-state index contributed by atoms with van der Waals surface area (Å²) in [6.45, 7) is 2.35. The molecule has 3 heterocycles. The summed E-state index contributed by atoms with van der Waals surface area (Å²) >= 11 is 2.12. The van der Waals surface area contributed by atoms with Gasteiger partial charge in [0.15, 0.2) is 11.8 Å². The molecule has 47 heavy (non-hydrogen) atoms. The topological polar surface area (TPSA) is 55.5 Å². The third kappa shape index (κ3) is 9.69. The molecule has 0 radical (unpaired) electrons. The van der Waals surface area contributed by atoms with Gasteiger partial charge in [0.25, 0.3) is 0 Å². The molecule has 6 aliphatic carbocycles. The Hall–Kier alpha value is -0.391. The first-order valence-corrected chi connectivity index (χ1v) is 20.8. The fraction of sp³-hybridized carbons (Fsp3) is 0.850. The van der Waals surface area contributed by atoms with Crippen molar-refractivity contribution < 1.29 is 29.6 Å². The van der Waals surface area contributed by atoms with Gasteiger partial charge in [-0.1, -0.05) is 95.8 Å². The van der Waals surface area contributed by atoms with Crippen LogP contribution in [0.15, 0.2) is 15.0 Å². The van der Waals surface area contributed by atoms with Crippen molar-refractivity contribution in [2.75, 3.05) is 0 Å². The second-order valence-electron chi connectivity index (χ2n) is 15.9. The largest absolute Gasteiger partial charge is 3.00 e. The van der Waals surface area contributed by atoms with Crippen molar-refractivity contribution in [2.24, 2.45) is 38.6 Å². The number of rotatable bonds is 3. The molecule has 10 unspecified atom stereocenters. The predicted molar refractivity (Wildman–Crippen MR) is 194 cm³/mol. The molecule has 6 saturated carbocycles. The van der Waals surface area contributed by atoms with Crippen molar-refractivity contribution in [1.82, 2.24) is 0 Å². The van der Waals surface area contributed by atoms with Crippen LogP contribution in [0.25, 0.3) is 0 Å². The molecule has 0 spiro atoms. The van der Waals surface area contributed by atoms with E-state index in [1.54, 1.807) is 0 Å². The normalized spacial score (nSPS) is 40.8. The molecule has 0 aromatic carbocycles. The van der Waals surface area contributed by atoms with Gasteiger partial charge >= 0.3 is 20.1 Å². The number of hydrogen-bond acceptors (Lipinski definition) is 6. The van der Waals surface area contributed by atoms with E-state index in [1.807, 2.05) is 0 Å². The van der Waals surface area contributed by atoms with Crippen LogP contribution in [0.4, 0.5) is 0 Å². The Bertz CT molecular complexity index is 1020. The van der Waals surface area contributed by atoms with Gasteiger partial charge in [-0.15, -0.1) is 17.7 Å². The maximum absolute atomic E-state index is 6.07. The van der Waals surface area contributed by atoms with E-state index in [-0.39, 0.29) is 20.1 Å². The van der Waals surface area contributed by atoms with Gasteiger partial charge in [-0.2, -0.15) is 19.3 Å². The van der Waals surface area contributed by atoms with Crippen LogP contribution in [0.3, 0.4) is 0 Å². The minimum Gasteiger partial charge on any atom is -0.478 e. The summed E-state index contributed by atoms with van der Waals surface area (Å²) in [6, 6.07) is 1.69.